The van der Waals surface area contributed by atoms with Crippen molar-refractivity contribution >= 4 is 46.2 Å². The van der Waals surface area contributed by atoms with Gasteiger partial charge in [0, 0.05) is 16.0 Å². The van der Waals surface area contributed by atoms with Crippen LogP contribution in [0.3, 0.4) is 0 Å². The predicted molar refractivity (Wildman–Crippen MR) is 103 cm³/mol. The number of carbonyl (C=O) groups is 2. The number of esters is 1. The fourth-order valence-corrected chi connectivity index (χ4v) is 4.24. The summed E-state index contributed by atoms with van der Waals surface area (Å²) in [5.41, 5.74) is 0.831. The zero-order chi connectivity index (χ0) is 19.6. The molecule has 1 aliphatic carbocycles. The number of benzene rings is 1. The lowest BCUT2D eigenvalue weighted by atomic mass is 9.90. The fraction of sp³-hybridized carbons (Fsp3) is 0.333. The van der Waals surface area contributed by atoms with Crippen molar-refractivity contribution in [3.63, 3.8) is 0 Å². The van der Waals surface area contributed by atoms with Crippen LogP contribution in [0.4, 0.5) is 11.4 Å². The second kappa shape index (κ2) is 8.06. The van der Waals surface area contributed by atoms with Crippen LogP contribution in [0.25, 0.3) is 0 Å². The van der Waals surface area contributed by atoms with Gasteiger partial charge in [-0.15, -0.1) is 11.3 Å². The zero-order valence-corrected chi connectivity index (χ0v) is 16.1. The van der Waals surface area contributed by atoms with Crippen LogP contribution >= 0.6 is 22.9 Å². The van der Waals surface area contributed by atoms with Gasteiger partial charge in [0.1, 0.15) is 10.6 Å². The lowest BCUT2D eigenvalue weighted by molar-refractivity contribution is -0.383. The van der Waals surface area contributed by atoms with Crippen molar-refractivity contribution < 1.29 is 19.2 Å². The average Bonchev–Trinajstić information content (AvgIpc) is 3.02. The maximum Gasteiger partial charge on any atom is 0.348 e. The monoisotopic (exact) mass is 408 g/mol. The van der Waals surface area contributed by atoms with Gasteiger partial charge in [0.15, 0.2) is 6.61 Å². The summed E-state index contributed by atoms with van der Waals surface area (Å²) in [6, 6.07) is 5.65. The molecule has 0 fully saturated rings. The van der Waals surface area contributed by atoms with Gasteiger partial charge in [0.2, 0.25) is 0 Å². The molecule has 0 saturated heterocycles. The third-order valence-electron chi connectivity index (χ3n) is 4.29. The van der Waals surface area contributed by atoms with Crippen LogP contribution in [-0.4, -0.2) is 23.4 Å². The maximum atomic E-state index is 12.2. The van der Waals surface area contributed by atoms with Crippen LogP contribution in [0.2, 0.25) is 5.02 Å². The first-order valence-electron chi connectivity index (χ1n) is 8.36. The highest BCUT2D eigenvalue weighted by Gasteiger charge is 2.22. The number of carbonyl (C=O) groups excluding carboxylic acids is 2. The van der Waals surface area contributed by atoms with E-state index in [-0.39, 0.29) is 16.4 Å². The molecule has 2 aromatic rings. The number of nitrogens with one attached hydrogen (secondary N) is 1. The van der Waals surface area contributed by atoms with Crippen molar-refractivity contribution in [1.29, 1.82) is 0 Å². The third-order valence-corrected chi connectivity index (χ3v) is 5.75. The summed E-state index contributed by atoms with van der Waals surface area (Å²) in [7, 11) is 0. The molecule has 27 heavy (non-hydrogen) atoms. The molecule has 1 amide bonds. The molecule has 1 atom stereocenters. The van der Waals surface area contributed by atoms with Gasteiger partial charge in [-0.25, -0.2) is 4.79 Å². The number of rotatable bonds is 5. The molecule has 7 nitrogen and oxygen atoms in total. The molecular weight excluding hydrogens is 392 g/mol. The van der Waals surface area contributed by atoms with Gasteiger partial charge in [-0.3, -0.25) is 14.9 Å². The number of fused-ring (bicyclic) bond motifs is 1. The molecule has 0 saturated carbocycles. The topological polar surface area (TPSA) is 98.5 Å². The van der Waals surface area contributed by atoms with E-state index in [2.05, 4.69) is 12.2 Å². The molecule has 1 aromatic heterocycles. The highest BCUT2D eigenvalue weighted by atomic mass is 35.5. The van der Waals surface area contributed by atoms with Crippen LogP contribution in [0.1, 0.15) is 33.5 Å². The lowest BCUT2D eigenvalue weighted by Crippen LogP contribution is -2.21. The molecule has 0 radical (unpaired) electrons. The van der Waals surface area contributed by atoms with E-state index >= 15 is 0 Å². The van der Waals surface area contributed by atoms with Crippen molar-refractivity contribution in [2.75, 3.05) is 11.9 Å². The van der Waals surface area contributed by atoms with Crippen LogP contribution in [-0.2, 0) is 22.4 Å². The summed E-state index contributed by atoms with van der Waals surface area (Å²) in [5, 5.41) is 13.6. The Labute approximate surface area is 164 Å². The molecule has 1 N–H and O–H groups in total. The summed E-state index contributed by atoms with van der Waals surface area (Å²) in [6.45, 7) is 1.64. The number of hydrogen-bond acceptors (Lipinski definition) is 6. The Bertz CT molecular complexity index is 911. The summed E-state index contributed by atoms with van der Waals surface area (Å²) in [4.78, 5) is 36.3. The first-order chi connectivity index (χ1) is 12.8. The zero-order valence-electron chi connectivity index (χ0n) is 14.5. The number of halogens is 1. The Hall–Kier alpha value is -2.45. The summed E-state index contributed by atoms with van der Waals surface area (Å²) in [6.07, 6.45) is 2.99. The minimum atomic E-state index is -0.677. The number of hydrogen-bond donors (Lipinski definition) is 1. The minimum absolute atomic E-state index is 0.0471. The highest BCUT2D eigenvalue weighted by molar-refractivity contribution is 7.14. The van der Waals surface area contributed by atoms with Gasteiger partial charge in [-0.1, -0.05) is 18.5 Å². The number of aryl methyl sites for hydroxylation is 1. The van der Waals surface area contributed by atoms with Gasteiger partial charge in [-0.05, 0) is 48.9 Å². The molecule has 0 aliphatic heterocycles. The molecule has 1 heterocycles. The smallest absolute Gasteiger partial charge is 0.348 e. The summed E-state index contributed by atoms with van der Waals surface area (Å²) in [5.74, 6) is -0.656. The fourth-order valence-electron chi connectivity index (χ4n) is 2.96. The van der Waals surface area contributed by atoms with Crippen molar-refractivity contribution in [3.05, 3.63) is 54.7 Å². The van der Waals surface area contributed by atoms with E-state index < -0.39 is 23.4 Å². The standard InChI is InChI=1S/C18H17ClN2O5S/c1-10-2-5-15-11(6-10)7-16(27-15)18(23)26-9-17(22)20-13-8-12(19)3-4-14(13)21(24)25/h3-4,7-8,10H,2,5-6,9H2,1H3,(H,20,22)/t10-/m1/s1. The Balaban J connectivity index is 1.61. The first kappa shape index (κ1) is 19.3. The van der Waals surface area contributed by atoms with Gasteiger partial charge < -0.3 is 10.1 Å². The number of nitro groups is 1. The number of amides is 1. The Morgan fingerprint density at radius 2 is 2.19 bits per heavy atom. The van der Waals surface area contributed by atoms with Crippen molar-refractivity contribution in [3.8, 4) is 0 Å². The average molecular weight is 409 g/mol. The molecule has 1 aliphatic rings. The lowest BCUT2D eigenvalue weighted by Gasteiger charge is -2.16. The van der Waals surface area contributed by atoms with E-state index in [1.807, 2.05) is 6.07 Å². The summed E-state index contributed by atoms with van der Waals surface area (Å²) >= 11 is 7.21. The predicted octanol–water partition coefficient (Wildman–Crippen LogP) is 4.23. The van der Waals surface area contributed by atoms with E-state index in [4.69, 9.17) is 16.3 Å². The molecular formula is C18H17ClN2O5S. The van der Waals surface area contributed by atoms with E-state index in [0.29, 0.717) is 10.8 Å². The van der Waals surface area contributed by atoms with Crippen LogP contribution in [0.15, 0.2) is 24.3 Å². The van der Waals surface area contributed by atoms with Gasteiger partial charge >= 0.3 is 5.97 Å². The Morgan fingerprint density at radius 3 is 2.93 bits per heavy atom. The third kappa shape index (κ3) is 4.64. The highest BCUT2D eigenvalue weighted by Crippen LogP contribution is 2.32. The molecule has 1 aromatic carbocycles. The number of nitrogens with zero attached hydrogens (tertiary/aromatic N) is 1. The number of nitro benzene ring substituents is 1. The van der Waals surface area contributed by atoms with E-state index in [1.165, 1.54) is 40.0 Å². The summed E-state index contributed by atoms with van der Waals surface area (Å²) < 4.78 is 5.05. The molecule has 0 unspecified atom stereocenters. The second-order valence-electron chi connectivity index (χ2n) is 6.45. The van der Waals surface area contributed by atoms with E-state index in [9.17, 15) is 19.7 Å². The number of thiophene rings is 1. The molecule has 0 bridgehead atoms. The molecule has 9 heteroatoms. The molecule has 0 spiro atoms. The molecule has 3 rings (SSSR count). The second-order valence-corrected chi connectivity index (χ2v) is 8.02. The maximum absolute atomic E-state index is 12.2. The van der Waals surface area contributed by atoms with Crippen LogP contribution in [0.5, 0.6) is 0 Å². The normalized spacial score (nSPS) is 15.7. The Kier molecular flexibility index (Phi) is 5.76. The van der Waals surface area contributed by atoms with Crippen molar-refractivity contribution in [2.45, 2.75) is 26.2 Å². The van der Waals surface area contributed by atoms with Crippen molar-refractivity contribution in [2.24, 2.45) is 5.92 Å². The number of ether oxygens (including phenoxy) is 1. The Morgan fingerprint density at radius 1 is 1.41 bits per heavy atom. The number of anilines is 1. The van der Waals surface area contributed by atoms with Crippen LogP contribution in [0, 0.1) is 16.0 Å². The van der Waals surface area contributed by atoms with Crippen LogP contribution < -0.4 is 5.32 Å². The quantitative estimate of drug-likeness (QED) is 0.453. The SMILES string of the molecule is C[C@@H]1CCc2sc(C(=O)OCC(=O)Nc3cc(Cl)ccc3[N+](=O)[O-])cc2C1. The minimum Gasteiger partial charge on any atom is -0.451 e. The largest absolute Gasteiger partial charge is 0.451 e. The van der Waals surface area contributed by atoms with Gasteiger partial charge in [0.25, 0.3) is 11.6 Å². The van der Waals surface area contributed by atoms with Gasteiger partial charge in [-0.2, -0.15) is 0 Å². The van der Waals surface area contributed by atoms with Gasteiger partial charge in [0.05, 0.1) is 4.92 Å². The molecule has 142 valence electrons. The van der Waals surface area contributed by atoms with E-state index in [0.717, 1.165) is 19.3 Å². The van der Waals surface area contributed by atoms with E-state index in [1.54, 1.807) is 0 Å². The first-order valence-corrected chi connectivity index (χ1v) is 9.55. The van der Waals surface area contributed by atoms with Crippen molar-refractivity contribution in [1.82, 2.24) is 0 Å².